The van der Waals surface area contributed by atoms with Crippen molar-refractivity contribution in [1.29, 1.82) is 0 Å². The molecule has 2 N–H and O–H groups in total. The van der Waals surface area contributed by atoms with Gasteiger partial charge in [0.1, 0.15) is 5.82 Å². The third-order valence-electron chi connectivity index (χ3n) is 4.65. The summed E-state index contributed by atoms with van der Waals surface area (Å²) in [7, 11) is 0. The van der Waals surface area contributed by atoms with Gasteiger partial charge in [0.25, 0.3) is 0 Å². The highest BCUT2D eigenvalue weighted by Crippen LogP contribution is 2.22. The summed E-state index contributed by atoms with van der Waals surface area (Å²) in [6, 6.07) is 6.95. The summed E-state index contributed by atoms with van der Waals surface area (Å²) in [6.07, 6.45) is 8.51. The van der Waals surface area contributed by atoms with Gasteiger partial charge in [-0.3, -0.25) is 0 Å². The van der Waals surface area contributed by atoms with Crippen LogP contribution in [0.1, 0.15) is 38.5 Å². The number of piperidine rings is 1. The molecule has 2 aliphatic rings. The van der Waals surface area contributed by atoms with E-state index in [0.717, 1.165) is 44.6 Å². The Morgan fingerprint density at radius 2 is 1.90 bits per heavy atom. The molecule has 1 aromatic rings. The Bertz CT molecular complexity index is 403. The van der Waals surface area contributed by atoms with Crippen LogP contribution >= 0.6 is 0 Å². The zero-order valence-corrected chi connectivity index (χ0v) is 12.0. The SMILES string of the molecule is O[C@@H]1CCCC[C@@H]1NC1CCN(c2ccccn2)CC1. The summed E-state index contributed by atoms with van der Waals surface area (Å²) in [4.78, 5) is 6.78. The molecule has 1 saturated heterocycles. The average Bonchev–Trinajstić information content (AvgIpc) is 2.51. The van der Waals surface area contributed by atoms with Gasteiger partial charge in [-0.1, -0.05) is 18.9 Å². The molecule has 0 amide bonds. The number of hydrogen-bond acceptors (Lipinski definition) is 4. The van der Waals surface area contributed by atoms with Crippen molar-refractivity contribution in [3.8, 4) is 0 Å². The van der Waals surface area contributed by atoms with E-state index in [1.54, 1.807) is 0 Å². The molecular formula is C16H25N3O. The molecule has 20 heavy (non-hydrogen) atoms. The number of anilines is 1. The van der Waals surface area contributed by atoms with E-state index in [-0.39, 0.29) is 6.10 Å². The molecule has 4 heteroatoms. The van der Waals surface area contributed by atoms with E-state index in [4.69, 9.17) is 0 Å². The normalized spacial score (nSPS) is 28.6. The fourth-order valence-electron chi connectivity index (χ4n) is 3.42. The Balaban J connectivity index is 1.49. The van der Waals surface area contributed by atoms with E-state index < -0.39 is 0 Å². The maximum Gasteiger partial charge on any atom is 0.128 e. The van der Waals surface area contributed by atoms with Crippen molar-refractivity contribution in [3.05, 3.63) is 24.4 Å². The lowest BCUT2D eigenvalue weighted by molar-refractivity contribution is 0.0828. The number of hydrogen-bond donors (Lipinski definition) is 2. The first-order valence-electron chi connectivity index (χ1n) is 7.93. The number of pyridine rings is 1. The summed E-state index contributed by atoms with van der Waals surface area (Å²) < 4.78 is 0. The molecule has 0 unspecified atom stereocenters. The molecule has 1 aliphatic heterocycles. The Labute approximate surface area is 121 Å². The highest BCUT2D eigenvalue weighted by atomic mass is 16.3. The van der Waals surface area contributed by atoms with Gasteiger partial charge in [0.15, 0.2) is 0 Å². The summed E-state index contributed by atoms with van der Waals surface area (Å²) in [6.45, 7) is 2.11. The number of aliphatic hydroxyl groups is 1. The lowest BCUT2D eigenvalue weighted by Gasteiger charge is -2.37. The minimum atomic E-state index is -0.141. The van der Waals surface area contributed by atoms with Crippen LogP contribution in [0.3, 0.4) is 0 Å². The topological polar surface area (TPSA) is 48.4 Å². The molecule has 0 aromatic carbocycles. The molecule has 2 fully saturated rings. The van der Waals surface area contributed by atoms with Gasteiger partial charge < -0.3 is 15.3 Å². The highest BCUT2D eigenvalue weighted by Gasteiger charge is 2.27. The van der Waals surface area contributed by atoms with Crippen LogP contribution < -0.4 is 10.2 Å². The van der Waals surface area contributed by atoms with Crippen molar-refractivity contribution in [2.24, 2.45) is 0 Å². The average molecular weight is 275 g/mol. The number of nitrogens with zero attached hydrogens (tertiary/aromatic N) is 2. The van der Waals surface area contributed by atoms with Gasteiger partial charge in [-0.05, 0) is 37.8 Å². The molecule has 2 atom stereocenters. The van der Waals surface area contributed by atoms with Crippen molar-refractivity contribution in [1.82, 2.24) is 10.3 Å². The Morgan fingerprint density at radius 1 is 1.10 bits per heavy atom. The summed E-state index contributed by atoms with van der Waals surface area (Å²) in [5.41, 5.74) is 0. The first-order chi connectivity index (χ1) is 9.83. The first kappa shape index (κ1) is 13.8. The summed E-state index contributed by atoms with van der Waals surface area (Å²) in [5, 5.41) is 13.7. The molecule has 0 spiro atoms. The van der Waals surface area contributed by atoms with Crippen LogP contribution in [0.15, 0.2) is 24.4 Å². The predicted octanol–water partition coefficient (Wildman–Crippen LogP) is 1.94. The lowest BCUT2D eigenvalue weighted by Crippen LogP contribution is -2.51. The van der Waals surface area contributed by atoms with E-state index >= 15 is 0 Å². The van der Waals surface area contributed by atoms with Crippen LogP contribution in [0.25, 0.3) is 0 Å². The molecule has 110 valence electrons. The number of nitrogens with one attached hydrogen (secondary N) is 1. The van der Waals surface area contributed by atoms with Crippen LogP contribution in [0.5, 0.6) is 0 Å². The van der Waals surface area contributed by atoms with Gasteiger partial charge in [-0.2, -0.15) is 0 Å². The lowest BCUT2D eigenvalue weighted by atomic mass is 9.91. The Kier molecular flexibility index (Phi) is 4.53. The van der Waals surface area contributed by atoms with Crippen LogP contribution in [-0.4, -0.2) is 41.4 Å². The van der Waals surface area contributed by atoms with Crippen LogP contribution in [0.4, 0.5) is 5.82 Å². The van der Waals surface area contributed by atoms with Crippen LogP contribution in [0.2, 0.25) is 0 Å². The van der Waals surface area contributed by atoms with E-state index in [1.807, 2.05) is 18.3 Å². The molecule has 1 saturated carbocycles. The second kappa shape index (κ2) is 6.55. The molecule has 1 aromatic heterocycles. The molecule has 0 radical (unpaired) electrons. The molecule has 2 heterocycles. The molecule has 0 bridgehead atoms. The van der Waals surface area contributed by atoms with Crippen molar-refractivity contribution in [2.75, 3.05) is 18.0 Å². The third-order valence-corrected chi connectivity index (χ3v) is 4.65. The van der Waals surface area contributed by atoms with Crippen molar-refractivity contribution in [2.45, 2.75) is 56.7 Å². The maximum atomic E-state index is 10.0. The molecule has 4 nitrogen and oxygen atoms in total. The Hall–Kier alpha value is -1.13. The zero-order chi connectivity index (χ0) is 13.8. The first-order valence-corrected chi connectivity index (χ1v) is 7.93. The standard InChI is InChI=1S/C16H25N3O/c20-15-6-2-1-5-14(15)18-13-8-11-19(12-9-13)16-7-3-4-10-17-16/h3-4,7,10,13-15,18,20H,1-2,5-6,8-9,11-12H2/t14-,15+/m0/s1. The minimum absolute atomic E-state index is 0.141. The summed E-state index contributed by atoms with van der Waals surface area (Å²) in [5.74, 6) is 1.09. The largest absolute Gasteiger partial charge is 0.392 e. The van der Waals surface area contributed by atoms with Gasteiger partial charge in [0.05, 0.1) is 6.10 Å². The third kappa shape index (κ3) is 3.30. The van der Waals surface area contributed by atoms with E-state index in [9.17, 15) is 5.11 Å². The van der Waals surface area contributed by atoms with E-state index in [1.165, 1.54) is 12.8 Å². The quantitative estimate of drug-likeness (QED) is 0.885. The molecular weight excluding hydrogens is 250 g/mol. The smallest absolute Gasteiger partial charge is 0.128 e. The van der Waals surface area contributed by atoms with Gasteiger partial charge in [-0.15, -0.1) is 0 Å². The van der Waals surface area contributed by atoms with Gasteiger partial charge >= 0.3 is 0 Å². The second-order valence-corrected chi connectivity index (χ2v) is 6.07. The monoisotopic (exact) mass is 275 g/mol. The van der Waals surface area contributed by atoms with Gasteiger partial charge in [0.2, 0.25) is 0 Å². The van der Waals surface area contributed by atoms with Crippen molar-refractivity contribution in [3.63, 3.8) is 0 Å². The fourth-order valence-corrected chi connectivity index (χ4v) is 3.42. The van der Waals surface area contributed by atoms with Gasteiger partial charge in [0, 0.05) is 31.4 Å². The number of rotatable bonds is 3. The van der Waals surface area contributed by atoms with E-state index in [0.29, 0.717) is 12.1 Å². The predicted molar refractivity (Wildman–Crippen MR) is 80.9 cm³/mol. The molecule has 1 aliphatic carbocycles. The minimum Gasteiger partial charge on any atom is -0.392 e. The van der Waals surface area contributed by atoms with Crippen LogP contribution in [0, 0.1) is 0 Å². The van der Waals surface area contributed by atoms with E-state index in [2.05, 4.69) is 21.3 Å². The van der Waals surface area contributed by atoms with Crippen molar-refractivity contribution >= 4 is 5.82 Å². The molecule has 3 rings (SSSR count). The maximum absolute atomic E-state index is 10.0. The van der Waals surface area contributed by atoms with Crippen LogP contribution in [-0.2, 0) is 0 Å². The van der Waals surface area contributed by atoms with Gasteiger partial charge in [-0.25, -0.2) is 4.98 Å². The van der Waals surface area contributed by atoms with Crippen molar-refractivity contribution < 1.29 is 5.11 Å². The second-order valence-electron chi connectivity index (χ2n) is 6.07. The Morgan fingerprint density at radius 3 is 2.60 bits per heavy atom. The zero-order valence-electron chi connectivity index (χ0n) is 12.0. The number of aliphatic hydroxyl groups excluding tert-OH is 1. The number of aromatic nitrogens is 1. The highest BCUT2D eigenvalue weighted by molar-refractivity contribution is 5.38. The summed E-state index contributed by atoms with van der Waals surface area (Å²) >= 11 is 0. The fraction of sp³-hybridized carbons (Fsp3) is 0.688.